The van der Waals surface area contributed by atoms with Gasteiger partial charge in [-0.3, -0.25) is 4.79 Å². The fourth-order valence-electron chi connectivity index (χ4n) is 1.50. The number of aliphatic hydroxyl groups is 1. The molecule has 98 valence electrons. The monoisotopic (exact) mass is 253 g/mol. The maximum Gasteiger partial charge on any atom is 0.337 e. The Morgan fingerprint density at radius 1 is 1.44 bits per heavy atom. The highest BCUT2D eigenvalue weighted by molar-refractivity contribution is 5.76. The van der Waals surface area contributed by atoms with Gasteiger partial charge in [0.05, 0.1) is 7.11 Å². The smallest absolute Gasteiger partial charge is 0.337 e. The number of aliphatic carboxylic acids is 1. The minimum Gasteiger partial charge on any atom is -0.479 e. The standard InChI is InChI=1S/C12H15NO5/c1-18-10(14)5-3-7-2-4-9(13)8(6-7)11(15)12(16)17/h2,4,6,11,15H,3,5,13H2,1H3,(H,16,17). The number of hydrogen-bond acceptors (Lipinski definition) is 5. The van der Waals surface area contributed by atoms with Crippen LogP contribution in [0, 0.1) is 0 Å². The van der Waals surface area contributed by atoms with Gasteiger partial charge in [-0.25, -0.2) is 4.79 Å². The molecule has 0 aliphatic carbocycles. The number of nitrogens with two attached hydrogens (primary N) is 1. The van der Waals surface area contributed by atoms with Gasteiger partial charge in [-0.2, -0.15) is 0 Å². The molecule has 0 amide bonds. The predicted molar refractivity (Wildman–Crippen MR) is 63.8 cm³/mol. The van der Waals surface area contributed by atoms with E-state index in [2.05, 4.69) is 4.74 Å². The van der Waals surface area contributed by atoms with Crippen molar-refractivity contribution in [1.82, 2.24) is 0 Å². The van der Waals surface area contributed by atoms with Gasteiger partial charge in [0.2, 0.25) is 0 Å². The fourth-order valence-corrected chi connectivity index (χ4v) is 1.50. The number of carbonyl (C=O) groups excluding carboxylic acids is 1. The summed E-state index contributed by atoms with van der Waals surface area (Å²) in [5.74, 6) is -1.72. The van der Waals surface area contributed by atoms with Gasteiger partial charge in [-0.15, -0.1) is 0 Å². The van der Waals surface area contributed by atoms with Gasteiger partial charge in [-0.05, 0) is 18.1 Å². The Bertz CT molecular complexity index is 458. The molecule has 6 heteroatoms. The molecule has 0 aromatic heterocycles. The SMILES string of the molecule is COC(=O)CCc1ccc(N)c(C(O)C(=O)O)c1. The van der Waals surface area contributed by atoms with Crippen LogP contribution in [0.3, 0.4) is 0 Å². The summed E-state index contributed by atoms with van der Waals surface area (Å²) < 4.78 is 4.50. The number of esters is 1. The Morgan fingerprint density at radius 3 is 2.67 bits per heavy atom. The van der Waals surface area contributed by atoms with Gasteiger partial charge in [-0.1, -0.05) is 12.1 Å². The zero-order valence-corrected chi connectivity index (χ0v) is 9.92. The summed E-state index contributed by atoms with van der Waals surface area (Å²) in [6.07, 6.45) is -1.09. The lowest BCUT2D eigenvalue weighted by Crippen LogP contribution is -2.13. The van der Waals surface area contributed by atoms with Crippen LogP contribution in [0.1, 0.15) is 23.7 Å². The van der Waals surface area contributed by atoms with Crippen LogP contribution in [0.2, 0.25) is 0 Å². The van der Waals surface area contributed by atoms with Gasteiger partial charge in [0.15, 0.2) is 6.10 Å². The highest BCUT2D eigenvalue weighted by Crippen LogP contribution is 2.22. The van der Waals surface area contributed by atoms with E-state index in [-0.39, 0.29) is 23.6 Å². The van der Waals surface area contributed by atoms with Crippen molar-refractivity contribution >= 4 is 17.6 Å². The number of carboxylic acid groups (broad SMARTS) is 1. The van der Waals surface area contributed by atoms with Crippen LogP contribution in [0.25, 0.3) is 0 Å². The third kappa shape index (κ3) is 3.46. The molecule has 1 aromatic rings. The molecule has 4 N–H and O–H groups in total. The summed E-state index contributed by atoms with van der Waals surface area (Å²) in [5, 5.41) is 18.2. The first-order chi connectivity index (χ1) is 8.45. The van der Waals surface area contributed by atoms with Crippen LogP contribution in [0.4, 0.5) is 5.69 Å². The van der Waals surface area contributed by atoms with Crippen molar-refractivity contribution in [1.29, 1.82) is 0 Å². The molecule has 0 aliphatic rings. The molecular formula is C12H15NO5. The molecule has 0 bridgehead atoms. The van der Waals surface area contributed by atoms with Crippen LogP contribution < -0.4 is 5.73 Å². The van der Waals surface area contributed by atoms with Crippen molar-refractivity contribution < 1.29 is 24.5 Å². The summed E-state index contributed by atoms with van der Waals surface area (Å²) in [6.45, 7) is 0. The summed E-state index contributed by atoms with van der Waals surface area (Å²) in [7, 11) is 1.30. The lowest BCUT2D eigenvalue weighted by Gasteiger charge is -2.11. The zero-order valence-electron chi connectivity index (χ0n) is 9.92. The molecule has 1 atom stereocenters. The van der Waals surface area contributed by atoms with Crippen molar-refractivity contribution in [2.45, 2.75) is 18.9 Å². The third-order valence-corrected chi connectivity index (χ3v) is 2.53. The van der Waals surface area contributed by atoms with Crippen molar-refractivity contribution in [2.75, 3.05) is 12.8 Å². The van der Waals surface area contributed by atoms with E-state index < -0.39 is 12.1 Å². The second-order valence-electron chi connectivity index (χ2n) is 3.78. The Labute approximate surface area is 104 Å². The third-order valence-electron chi connectivity index (χ3n) is 2.53. The van der Waals surface area contributed by atoms with Crippen LogP contribution in [-0.2, 0) is 20.7 Å². The largest absolute Gasteiger partial charge is 0.479 e. The molecule has 0 saturated carbocycles. The quantitative estimate of drug-likeness (QED) is 0.520. The Kier molecular flexibility index (Phi) is 4.67. The second kappa shape index (κ2) is 6.02. The van der Waals surface area contributed by atoms with Crippen LogP contribution in [0.15, 0.2) is 18.2 Å². The number of rotatable bonds is 5. The van der Waals surface area contributed by atoms with Gasteiger partial charge in [0.25, 0.3) is 0 Å². The van der Waals surface area contributed by atoms with E-state index in [9.17, 15) is 14.7 Å². The number of aryl methyl sites for hydroxylation is 1. The Balaban J connectivity index is 2.87. The number of methoxy groups -OCH3 is 1. The summed E-state index contributed by atoms with van der Waals surface area (Å²) >= 11 is 0. The molecule has 0 saturated heterocycles. The maximum absolute atomic E-state index is 11.0. The highest BCUT2D eigenvalue weighted by atomic mass is 16.5. The first-order valence-corrected chi connectivity index (χ1v) is 5.31. The van der Waals surface area contributed by atoms with Crippen molar-refractivity contribution in [3.63, 3.8) is 0 Å². The summed E-state index contributed by atoms with van der Waals surface area (Å²) in [4.78, 5) is 21.7. The molecule has 18 heavy (non-hydrogen) atoms. The van der Waals surface area contributed by atoms with E-state index in [1.165, 1.54) is 19.2 Å². The van der Waals surface area contributed by atoms with E-state index in [1.54, 1.807) is 6.07 Å². The lowest BCUT2D eigenvalue weighted by atomic mass is 10.0. The number of aliphatic hydroxyl groups excluding tert-OH is 1. The molecule has 0 aliphatic heterocycles. The van der Waals surface area contributed by atoms with E-state index in [1.807, 2.05) is 0 Å². The Hall–Kier alpha value is -2.08. The fraction of sp³-hybridized carbons (Fsp3) is 0.333. The van der Waals surface area contributed by atoms with Crippen LogP contribution in [-0.4, -0.2) is 29.3 Å². The first kappa shape index (κ1) is 14.0. The highest BCUT2D eigenvalue weighted by Gasteiger charge is 2.19. The zero-order chi connectivity index (χ0) is 13.7. The number of anilines is 1. The number of carboxylic acids is 1. The molecule has 1 rings (SSSR count). The van der Waals surface area contributed by atoms with Crippen molar-refractivity contribution in [3.05, 3.63) is 29.3 Å². The topological polar surface area (TPSA) is 110 Å². The molecule has 0 heterocycles. The van der Waals surface area contributed by atoms with Crippen LogP contribution in [0.5, 0.6) is 0 Å². The molecule has 1 unspecified atom stereocenters. The summed E-state index contributed by atoms with van der Waals surface area (Å²) in [5.41, 5.74) is 6.64. The average Bonchev–Trinajstić information content (AvgIpc) is 2.36. The van der Waals surface area contributed by atoms with Crippen molar-refractivity contribution in [2.24, 2.45) is 0 Å². The number of ether oxygens (including phenoxy) is 1. The van der Waals surface area contributed by atoms with E-state index in [0.29, 0.717) is 12.0 Å². The minimum absolute atomic E-state index is 0.130. The minimum atomic E-state index is -1.66. The first-order valence-electron chi connectivity index (χ1n) is 5.31. The van der Waals surface area contributed by atoms with E-state index in [0.717, 1.165) is 0 Å². The van der Waals surface area contributed by atoms with E-state index >= 15 is 0 Å². The number of carbonyl (C=O) groups is 2. The predicted octanol–water partition coefficient (Wildman–Crippen LogP) is 0.492. The lowest BCUT2D eigenvalue weighted by molar-refractivity contribution is -0.147. The average molecular weight is 253 g/mol. The van der Waals surface area contributed by atoms with Crippen LogP contribution >= 0.6 is 0 Å². The number of hydrogen-bond donors (Lipinski definition) is 3. The normalized spacial score (nSPS) is 11.9. The maximum atomic E-state index is 11.0. The van der Waals surface area contributed by atoms with Gasteiger partial charge >= 0.3 is 11.9 Å². The molecule has 0 radical (unpaired) electrons. The number of benzene rings is 1. The van der Waals surface area contributed by atoms with Gasteiger partial charge in [0, 0.05) is 17.7 Å². The molecule has 6 nitrogen and oxygen atoms in total. The van der Waals surface area contributed by atoms with Crippen molar-refractivity contribution in [3.8, 4) is 0 Å². The molecule has 1 aromatic carbocycles. The van der Waals surface area contributed by atoms with E-state index in [4.69, 9.17) is 10.8 Å². The molecular weight excluding hydrogens is 238 g/mol. The molecule has 0 spiro atoms. The number of nitrogen functional groups attached to an aromatic ring is 1. The molecule has 0 fully saturated rings. The summed E-state index contributed by atoms with van der Waals surface area (Å²) in [6, 6.07) is 4.67. The van der Waals surface area contributed by atoms with Gasteiger partial charge in [0.1, 0.15) is 0 Å². The second-order valence-corrected chi connectivity index (χ2v) is 3.78. The van der Waals surface area contributed by atoms with Gasteiger partial charge < -0.3 is 20.7 Å². The Morgan fingerprint density at radius 2 is 2.11 bits per heavy atom.